The lowest BCUT2D eigenvalue weighted by Crippen LogP contribution is -2.45. The summed E-state index contributed by atoms with van der Waals surface area (Å²) in [6, 6.07) is 2.49. The quantitative estimate of drug-likeness (QED) is 0.783. The maximum absolute atomic E-state index is 9.28. The zero-order chi connectivity index (χ0) is 11.3. The first-order valence-electron chi connectivity index (χ1n) is 5.86. The van der Waals surface area contributed by atoms with Crippen molar-refractivity contribution in [2.24, 2.45) is 5.92 Å². The van der Waals surface area contributed by atoms with E-state index in [2.05, 4.69) is 25.2 Å². The molecular weight excluding hydrogens is 204 g/mol. The molecule has 2 atom stereocenters. The highest BCUT2D eigenvalue weighted by Gasteiger charge is 2.41. The van der Waals surface area contributed by atoms with Crippen molar-refractivity contribution in [2.75, 3.05) is 12.8 Å². The van der Waals surface area contributed by atoms with Gasteiger partial charge < -0.3 is 5.32 Å². The van der Waals surface area contributed by atoms with Crippen molar-refractivity contribution in [3.8, 4) is 6.07 Å². The van der Waals surface area contributed by atoms with Gasteiger partial charge in [0, 0.05) is 0 Å². The first kappa shape index (κ1) is 12.9. The molecule has 0 aromatic rings. The highest BCUT2D eigenvalue weighted by Crippen LogP contribution is 2.38. The number of thioether (sulfide) groups is 1. The molecule has 0 amide bonds. The Morgan fingerprint density at radius 3 is 2.87 bits per heavy atom. The van der Waals surface area contributed by atoms with Crippen LogP contribution in [0.2, 0.25) is 0 Å². The Bertz CT molecular complexity index is 234. The second-order valence-electron chi connectivity index (χ2n) is 4.63. The summed E-state index contributed by atoms with van der Waals surface area (Å²) in [5.74, 6) is 1.74. The molecule has 0 aromatic carbocycles. The van der Waals surface area contributed by atoms with E-state index in [1.54, 1.807) is 0 Å². The van der Waals surface area contributed by atoms with Gasteiger partial charge in [0.25, 0.3) is 0 Å². The molecule has 1 saturated carbocycles. The maximum Gasteiger partial charge on any atom is 0.109 e. The van der Waals surface area contributed by atoms with Crippen LogP contribution in [0, 0.1) is 17.2 Å². The van der Waals surface area contributed by atoms with Crippen LogP contribution in [-0.4, -0.2) is 23.6 Å². The lowest BCUT2D eigenvalue weighted by atomic mass is 9.87. The molecule has 15 heavy (non-hydrogen) atoms. The summed E-state index contributed by atoms with van der Waals surface area (Å²) in [5, 5.41) is 13.2. The molecule has 0 aliphatic heterocycles. The molecule has 1 rings (SSSR count). The normalized spacial score (nSPS) is 30.7. The molecular formula is C12H22N2S. The highest BCUT2D eigenvalue weighted by atomic mass is 32.2. The van der Waals surface area contributed by atoms with E-state index in [1.807, 2.05) is 18.8 Å². The van der Waals surface area contributed by atoms with E-state index in [0.717, 1.165) is 6.42 Å². The topological polar surface area (TPSA) is 35.8 Å². The lowest BCUT2D eigenvalue weighted by molar-refractivity contribution is 0.332. The minimum Gasteiger partial charge on any atom is -0.302 e. The molecule has 0 radical (unpaired) electrons. The lowest BCUT2D eigenvalue weighted by Gasteiger charge is -2.28. The first-order valence-corrected chi connectivity index (χ1v) is 6.91. The fraction of sp³-hybridized carbons (Fsp3) is 0.917. The molecule has 1 aliphatic rings. The molecule has 86 valence electrons. The van der Waals surface area contributed by atoms with Crippen molar-refractivity contribution < 1.29 is 0 Å². The SMILES string of the molecule is CNC1(C#N)CCCC1CCSC(C)C. The van der Waals surface area contributed by atoms with E-state index in [-0.39, 0.29) is 5.54 Å². The van der Waals surface area contributed by atoms with Crippen molar-refractivity contribution in [1.29, 1.82) is 5.26 Å². The Balaban J connectivity index is 2.43. The molecule has 0 bridgehead atoms. The standard InChI is InChI=1S/C12H22N2S/c1-10(2)15-8-6-11-5-4-7-12(11,9-13)14-3/h10-11,14H,4-8H2,1-3H3. The van der Waals surface area contributed by atoms with Crippen molar-refractivity contribution in [3.63, 3.8) is 0 Å². The fourth-order valence-corrected chi connectivity index (χ4v) is 3.34. The van der Waals surface area contributed by atoms with Gasteiger partial charge in [0.15, 0.2) is 0 Å². The predicted octanol–water partition coefficient (Wildman–Crippen LogP) is 2.80. The minimum absolute atomic E-state index is 0.225. The van der Waals surface area contributed by atoms with Crippen molar-refractivity contribution >= 4 is 11.8 Å². The van der Waals surface area contributed by atoms with Crippen LogP contribution in [0.15, 0.2) is 0 Å². The Labute approximate surface area is 97.8 Å². The number of hydrogen-bond donors (Lipinski definition) is 1. The molecule has 0 heterocycles. The highest BCUT2D eigenvalue weighted by molar-refractivity contribution is 7.99. The molecule has 0 aromatic heterocycles. The van der Waals surface area contributed by atoms with E-state index in [4.69, 9.17) is 0 Å². The summed E-state index contributed by atoms with van der Waals surface area (Å²) in [4.78, 5) is 0. The van der Waals surface area contributed by atoms with Crippen molar-refractivity contribution in [2.45, 2.75) is 50.3 Å². The predicted molar refractivity (Wildman–Crippen MR) is 67.0 cm³/mol. The Kier molecular flexibility index (Phi) is 4.95. The van der Waals surface area contributed by atoms with Crippen LogP contribution in [-0.2, 0) is 0 Å². The third kappa shape index (κ3) is 3.12. The summed E-state index contributed by atoms with van der Waals surface area (Å²) in [7, 11) is 1.93. The van der Waals surface area contributed by atoms with Crippen LogP contribution in [0.3, 0.4) is 0 Å². The van der Waals surface area contributed by atoms with Crippen molar-refractivity contribution in [3.05, 3.63) is 0 Å². The van der Waals surface area contributed by atoms with Gasteiger partial charge in [0.2, 0.25) is 0 Å². The Morgan fingerprint density at radius 1 is 1.60 bits per heavy atom. The zero-order valence-electron chi connectivity index (χ0n) is 10.0. The van der Waals surface area contributed by atoms with Crippen molar-refractivity contribution in [1.82, 2.24) is 5.32 Å². The van der Waals surface area contributed by atoms with Gasteiger partial charge in [-0.15, -0.1) is 0 Å². The third-order valence-corrected chi connectivity index (χ3v) is 4.52. The van der Waals surface area contributed by atoms with Gasteiger partial charge in [-0.25, -0.2) is 0 Å². The Morgan fingerprint density at radius 2 is 2.33 bits per heavy atom. The third-order valence-electron chi connectivity index (χ3n) is 3.38. The van der Waals surface area contributed by atoms with Gasteiger partial charge >= 0.3 is 0 Å². The molecule has 0 spiro atoms. The van der Waals surface area contributed by atoms with Crippen LogP contribution < -0.4 is 5.32 Å². The second kappa shape index (κ2) is 5.77. The van der Waals surface area contributed by atoms with Gasteiger partial charge in [0.05, 0.1) is 6.07 Å². The van der Waals surface area contributed by atoms with E-state index < -0.39 is 0 Å². The summed E-state index contributed by atoms with van der Waals surface area (Å²) in [6.07, 6.45) is 4.62. The summed E-state index contributed by atoms with van der Waals surface area (Å²) in [6.45, 7) is 4.46. The molecule has 1 N–H and O–H groups in total. The monoisotopic (exact) mass is 226 g/mol. The average molecular weight is 226 g/mol. The largest absolute Gasteiger partial charge is 0.302 e. The van der Waals surface area contributed by atoms with Gasteiger partial charge in [-0.05, 0) is 43.2 Å². The summed E-state index contributed by atoms with van der Waals surface area (Å²) < 4.78 is 0. The minimum atomic E-state index is -0.225. The van der Waals surface area contributed by atoms with Crippen LogP contribution in [0.4, 0.5) is 0 Å². The van der Waals surface area contributed by atoms with Crippen LogP contribution in [0.1, 0.15) is 39.5 Å². The van der Waals surface area contributed by atoms with Gasteiger partial charge in [-0.1, -0.05) is 20.3 Å². The Hall–Kier alpha value is -0.200. The molecule has 3 heteroatoms. The van der Waals surface area contributed by atoms with Gasteiger partial charge in [0.1, 0.15) is 5.54 Å². The van der Waals surface area contributed by atoms with Crippen LogP contribution in [0.5, 0.6) is 0 Å². The van der Waals surface area contributed by atoms with Crippen LogP contribution >= 0.6 is 11.8 Å². The number of nitrogens with one attached hydrogen (secondary N) is 1. The smallest absolute Gasteiger partial charge is 0.109 e. The van der Waals surface area contributed by atoms with E-state index in [1.165, 1.54) is 25.0 Å². The molecule has 2 unspecified atom stereocenters. The number of nitrogens with zero attached hydrogens (tertiary/aromatic N) is 1. The number of nitriles is 1. The summed E-state index contributed by atoms with van der Waals surface area (Å²) in [5.41, 5.74) is -0.225. The second-order valence-corrected chi connectivity index (χ2v) is 6.31. The fourth-order valence-electron chi connectivity index (χ4n) is 2.45. The van der Waals surface area contributed by atoms with Crippen LogP contribution in [0.25, 0.3) is 0 Å². The zero-order valence-corrected chi connectivity index (χ0v) is 10.9. The number of hydrogen-bond acceptors (Lipinski definition) is 3. The average Bonchev–Trinajstić information content (AvgIpc) is 2.61. The molecule has 1 aliphatic carbocycles. The molecule has 1 fully saturated rings. The van der Waals surface area contributed by atoms with E-state index in [9.17, 15) is 5.26 Å². The maximum atomic E-state index is 9.28. The van der Waals surface area contributed by atoms with Gasteiger partial charge in [-0.2, -0.15) is 17.0 Å². The molecule has 0 saturated heterocycles. The molecule has 2 nitrogen and oxygen atoms in total. The van der Waals surface area contributed by atoms with E-state index in [0.29, 0.717) is 11.2 Å². The van der Waals surface area contributed by atoms with Gasteiger partial charge in [-0.3, -0.25) is 0 Å². The van der Waals surface area contributed by atoms with E-state index >= 15 is 0 Å². The number of rotatable bonds is 5. The first-order chi connectivity index (χ1) is 7.14. The summed E-state index contributed by atoms with van der Waals surface area (Å²) >= 11 is 2.00.